The summed E-state index contributed by atoms with van der Waals surface area (Å²) >= 11 is 3.40. The SMILES string of the molecule is COC1C(C(=O)N(c2cccc(Br)c2)[C@H]2CC[C@@H]2O)OC(CO)C(O)C1n1cc(-c2cc(F)c(F)c(F)c2)nn1. The van der Waals surface area contributed by atoms with Crippen molar-refractivity contribution >= 4 is 27.5 Å². The van der Waals surface area contributed by atoms with Crippen LogP contribution in [0.25, 0.3) is 11.3 Å². The van der Waals surface area contributed by atoms with Crippen LogP contribution in [0.15, 0.2) is 47.1 Å². The fraction of sp³-hybridized carbons (Fsp3) is 0.423. The Morgan fingerprint density at radius 1 is 1.20 bits per heavy atom. The number of carbonyl (C=O) groups excluding carboxylic acids is 1. The van der Waals surface area contributed by atoms with E-state index >= 15 is 0 Å². The molecule has 0 spiro atoms. The van der Waals surface area contributed by atoms with E-state index in [9.17, 15) is 33.3 Å². The van der Waals surface area contributed by atoms with Crippen molar-refractivity contribution in [3.05, 3.63) is 64.5 Å². The number of amides is 1. The molecule has 2 aliphatic rings. The Balaban J connectivity index is 1.52. The molecule has 10 nitrogen and oxygen atoms in total. The Bertz CT molecular complexity index is 1370. The van der Waals surface area contributed by atoms with Gasteiger partial charge in [-0.15, -0.1) is 5.10 Å². The number of hydrogen-bond acceptors (Lipinski definition) is 8. The fourth-order valence-corrected chi connectivity index (χ4v) is 5.52. The molecule has 3 N–H and O–H groups in total. The average molecular weight is 627 g/mol. The van der Waals surface area contributed by atoms with Gasteiger partial charge in [0.25, 0.3) is 5.91 Å². The van der Waals surface area contributed by atoms with Crippen LogP contribution < -0.4 is 4.90 Å². The number of methoxy groups -OCH3 is 1. The number of rotatable bonds is 7. The van der Waals surface area contributed by atoms with Crippen LogP contribution in [0.5, 0.6) is 0 Å². The van der Waals surface area contributed by atoms with Gasteiger partial charge in [-0.3, -0.25) is 4.79 Å². The molecule has 2 fully saturated rings. The minimum Gasteiger partial charge on any atom is -0.394 e. The largest absolute Gasteiger partial charge is 0.394 e. The standard InChI is InChI=1S/C26H26BrF3N4O6/c1-39-24-22(33-10-17(31-32-33)12-7-15(28)21(30)16(29)8-12)23(37)20(11-35)40-25(24)26(38)34(18-5-6-19(18)36)14-4-2-3-13(27)9-14/h2-4,7-10,18-20,22-25,35-37H,5-6,11H2,1H3/t18-,19-,20?,22?,23?,24?,25?/m0/s1. The molecule has 7 atom stereocenters. The molecule has 3 aromatic rings. The van der Waals surface area contributed by atoms with E-state index in [1.54, 1.807) is 24.3 Å². The molecule has 14 heteroatoms. The topological polar surface area (TPSA) is 130 Å². The van der Waals surface area contributed by atoms with Crippen LogP contribution in [-0.4, -0.2) is 86.5 Å². The van der Waals surface area contributed by atoms with Crippen molar-refractivity contribution in [1.82, 2.24) is 15.0 Å². The number of aliphatic hydroxyl groups excluding tert-OH is 3. The number of ether oxygens (including phenoxy) is 2. The van der Waals surface area contributed by atoms with E-state index in [1.807, 2.05) is 0 Å². The number of halogens is 4. The molecule has 5 rings (SSSR count). The van der Waals surface area contributed by atoms with Gasteiger partial charge in [0, 0.05) is 22.8 Å². The molecule has 0 radical (unpaired) electrons. The molecule has 40 heavy (non-hydrogen) atoms. The zero-order valence-corrected chi connectivity index (χ0v) is 22.7. The predicted molar refractivity (Wildman–Crippen MR) is 138 cm³/mol. The summed E-state index contributed by atoms with van der Waals surface area (Å²) < 4.78 is 54.5. The monoisotopic (exact) mass is 626 g/mol. The lowest BCUT2D eigenvalue weighted by molar-refractivity contribution is -0.211. The first-order valence-corrected chi connectivity index (χ1v) is 13.2. The van der Waals surface area contributed by atoms with Crippen LogP contribution in [0.3, 0.4) is 0 Å². The summed E-state index contributed by atoms with van der Waals surface area (Å²) in [5.74, 6) is -5.04. The number of hydrogen-bond donors (Lipinski definition) is 3. The molecule has 1 saturated carbocycles. The van der Waals surface area contributed by atoms with Crippen LogP contribution in [0.2, 0.25) is 0 Å². The van der Waals surface area contributed by atoms with Gasteiger partial charge < -0.3 is 29.7 Å². The number of anilines is 1. The molecule has 1 aliphatic heterocycles. The molecule has 214 valence electrons. The van der Waals surface area contributed by atoms with Gasteiger partial charge in [-0.05, 0) is 43.2 Å². The van der Waals surface area contributed by atoms with E-state index in [0.29, 0.717) is 23.0 Å². The molecule has 1 aromatic heterocycles. The summed E-state index contributed by atoms with van der Waals surface area (Å²) in [5, 5.41) is 39.4. The van der Waals surface area contributed by atoms with Crippen molar-refractivity contribution < 1.29 is 42.8 Å². The van der Waals surface area contributed by atoms with Crippen LogP contribution in [-0.2, 0) is 14.3 Å². The molecule has 1 aliphatic carbocycles. The minimum absolute atomic E-state index is 0.0388. The van der Waals surface area contributed by atoms with Gasteiger partial charge in [0.1, 0.15) is 30.0 Å². The van der Waals surface area contributed by atoms with E-state index in [2.05, 4.69) is 26.2 Å². The zero-order valence-electron chi connectivity index (χ0n) is 21.1. The summed E-state index contributed by atoms with van der Waals surface area (Å²) in [7, 11) is 1.30. The predicted octanol–water partition coefficient (Wildman–Crippen LogP) is 2.36. The number of nitrogens with zero attached hydrogens (tertiary/aromatic N) is 4. The Labute approximate surface area is 235 Å². The molecule has 0 bridgehead atoms. The number of aromatic nitrogens is 3. The highest BCUT2D eigenvalue weighted by molar-refractivity contribution is 9.10. The third-order valence-corrected chi connectivity index (χ3v) is 7.83. The van der Waals surface area contributed by atoms with Gasteiger partial charge in [-0.2, -0.15) is 0 Å². The van der Waals surface area contributed by atoms with Crippen molar-refractivity contribution in [2.24, 2.45) is 0 Å². The van der Waals surface area contributed by atoms with Crippen molar-refractivity contribution in [2.75, 3.05) is 18.6 Å². The van der Waals surface area contributed by atoms with Crippen molar-refractivity contribution in [3.8, 4) is 11.3 Å². The molecular formula is C26H26BrF3N4O6. The first-order chi connectivity index (χ1) is 19.1. The normalized spacial score (nSPS) is 28.2. The third-order valence-electron chi connectivity index (χ3n) is 7.34. The first kappa shape index (κ1) is 28.6. The molecule has 1 amide bonds. The lowest BCUT2D eigenvalue weighted by Gasteiger charge is -2.47. The molecule has 5 unspecified atom stereocenters. The lowest BCUT2D eigenvalue weighted by atomic mass is 9.85. The maximum absolute atomic E-state index is 14.1. The second-order valence-corrected chi connectivity index (χ2v) is 10.6. The minimum atomic E-state index is -1.63. The second-order valence-electron chi connectivity index (χ2n) is 9.70. The molecule has 1 saturated heterocycles. The van der Waals surface area contributed by atoms with Gasteiger partial charge in [0.2, 0.25) is 0 Å². The molecule has 2 heterocycles. The third kappa shape index (κ3) is 5.15. The Morgan fingerprint density at radius 3 is 2.50 bits per heavy atom. The summed E-state index contributed by atoms with van der Waals surface area (Å²) in [6.07, 6.45) is -3.68. The van der Waals surface area contributed by atoms with Gasteiger partial charge in [0.15, 0.2) is 23.6 Å². The second kappa shape index (κ2) is 11.5. The van der Waals surface area contributed by atoms with Crippen molar-refractivity contribution in [1.29, 1.82) is 0 Å². The lowest BCUT2D eigenvalue weighted by Crippen LogP contribution is -2.64. The average Bonchev–Trinajstić information content (AvgIpc) is 3.42. The summed E-state index contributed by atoms with van der Waals surface area (Å²) in [6.45, 7) is -0.656. The van der Waals surface area contributed by atoms with E-state index in [4.69, 9.17) is 9.47 Å². The number of aliphatic hydroxyl groups is 3. The van der Waals surface area contributed by atoms with Gasteiger partial charge in [-0.25, -0.2) is 17.9 Å². The maximum Gasteiger partial charge on any atom is 0.259 e. The van der Waals surface area contributed by atoms with Gasteiger partial charge in [-0.1, -0.05) is 27.2 Å². The Morgan fingerprint density at radius 2 is 1.93 bits per heavy atom. The van der Waals surface area contributed by atoms with Crippen molar-refractivity contribution in [2.45, 2.75) is 55.4 Å². The quantitative estimate of drug-likeness (QED) is 0.341. The summed E-state index contributed by atoms with van der Waals surface area (Å²) in [5.41, 5.74) is 0.348. The van der Waals surface area contributed by atoms with Crippen LogP contribution in [0.1, 0.15) is 18.9 Å². The van der Waals surface area contributed by atoms with E-state index in [-0.39, 0.29) is 11.3 Å². The zero-order chi connectivity index (χ0) is 28.7. The molecular weight excluding hydrogens is 601 g/mol. The summed E-state index contributed by atoms with van der Waals surface area (Å²) in [4.78, 5) is 15.5. The van der Waals surface area contributed by atoms with E-state index < -0.39 is 72.6 Å². The Kier molecular flexibility index (Phi) is 8.27. The summed E-state index contributed by atoms with van der Waals surface area (Å²) in [6, 6.07) is 6.77. The number of benzene rings is 2. The van der Waals surface area contributed by atoms with Gasteiger partial charge >= 0.3 is 0 Å². The van der Waals surface area contributed by atoms with Crippen LogP contribution >= 0.6 is 15.9 Å². The highest BCUT2D eigenvalue weighted by Crippen LogP contribution is 2.37. The van der Waals surface area contributed by atoms with Crippen molar-refractivity contribution in [3.63, 3.8) is 0 Å². The van der Waals surface area contributed by atoms with E-state index in [1.165, 1.54) is 18.2 Å². The highest BCUT2D eigenvalue weighted by atomic mass is 79.9. The van der Waals surface area contributed by atoms with Crippen LogP contribution in [0, 0.1) is 17.5 Å². The highest BCUT2D eigenvalue weighted by Gasteiger charge is 2.52. The fourth-order valence-electron chi connectivity index (χ4n) is 5.13. The van der Waals surface area contributed by atoms with Gasteiger partial charge in [0.05, 0.1) is 24.9 Å². The van der Waals surface area contributed by atoms with E-state index in [0.717, 1.165) is 16.8 Å². The molecule has 2 aromatic carbocycles. The van der Waals surface area contributed by atoms with Crippen LogP contribution in [0.4, 0.5) is 18.9 Å². The number of carbonyl (C=O) groups is 1. The maximum atomic E-state index is 14.1. The smallest absolute Gasteiger partial charge is 0.259 e. The Hall–Kier alpha value is -2.88. The first-order valence-electron chi connectivity index (χ1n) is 12.4.